The number of fused-ring (bicyclic) bond motifs is 1. The number of hydrogen-bond acceptors (Lipinski definition) is 9. The third-order valence-corrected chi connectivity index (χ3v) is 8.02. The van der Waals surface area contributed by atoms with Gasteiger partial charge in [-0.3, -0.25) is 0 Å². The lowest BCUT2D eigenvalue weighted by molar-refractivity contribution is -0.00463. The van der Waals surface area contributed by atoms with E-state index >= 15 is 0 Å². The Morgan fingerprint density at radius 3 is 1.82 bits per heavy atom. The van der Waals surface area contributed by atoms with Crippen LogP contribution in [0, 0.1) is 0 Å². The maximum absolute atomic E-state index is 8.66. The van der Waals surface area contributed by atoms with Gasteiger partial charge in [-0.2, -0.15) is 0 Å². The second-order valence-corrected chi connectivity index (χ2v) is 11.3. The van der Waals surface area contributed by atoms with Gasteiger partial charge in [0.05, 0.1) is 79.4 Å². The van der Waals surface area contributed by atoms with Crippen LogP contribution in [0.5, 0.6) is 11.5 Å². The second kappa shape index (κ2) is 18.9. The summed E-state index contributed by atoms with van der Waals surface area (Å²) in [4.78, 5) is 5.12. The average molecular weight is 670 g/mol. The van der Waals surface area contributed by atoms with Crippen molar-refractivity contribution in [1.29, 1.82) is 0 Å². The van der Waals surface area contributed by atoms with Crippen molar-refractivity contribution in [2.45, 2.75) is 13.3 Å². The number of anilines is 1. The zero-order valence-electron chi connectivity index (χ0n) is 28.7. The minimum Gasteiger partial charge on any atom is -0.497 e. The Labute approximate surface area is 288 Å². The molecule has 5 aromatic rings. The van der Waals surface area contributed by atoms with E-state index in [-0.39, 0.29) is 6.61 Å². The van der Waals surface area contributed by atoms with Crippen LogP contribution < -0.4 is 14.8 Å². The second-order valence-electron chi connectivity index (χ2n) is 11.3. The van der Waals surface area contributed by atoms with Crippen molar-refractivity contribution < 1.29 is 33.5 Å². The zero-order valence-corrected chi connectivity index (χ0v) is 28.7. The molecule has 10 nitrogen and oxygen atoms in total. The molecule has 0 atom stereocenters. The van der Waals surface area contributed by atoms with Crippen LogP contribution in [-0.2, 0) is 25.4 Å². The van der Waals surface area contributed by atoms with E-state index in [0.29, 0.717) is 59.4 Å². The van der Waals surface area contributed by atoms with Crippen molar-refractivity contribution in [3.63, 3.8) is 0 Å². The van der Waals surface area contributed by atoms with E-state index in [9.17, 15) is 0 Å². The normalized spacial score (nSPS) is 11.3. The minimum atomic E-state index is 0.0245. The standard InChI is InChI=1S/C39H47N3O7/c1-4-29-5-7-30(8-6-29)37-25-33(32-23-35(44-2)26-36(24-32)45-3)27-42-28-38(41-39(37)42)31-9-11-34(12-10-31)40-13-15-46-17-19-48-21-22-49-20-18-47-16-14-43/h5-12,23-28,40,43H,4,13-22H2,1-3H3. The zero-order chi connectivity index (χ0) is 34.3. The van der Waals surface area contributed by atoms with Crippen molar-refractivity contribution in [1.82, 2.24) is 9.38 Å². The lowest BCUT2D eigenvalue weighted by Crippen LogP contribution is -2.14. The van der Waals surface area contributed by atoms with Gasteiger partial charge in [0, 0.05) is 41.8 Å². The Hall–Kier alpha value is -4.45. The third kappa shape index (κ3) is 10.3. The average Bonchev–Trinajstić information content (AvgIpc) is 3.59. The van der Waals surface area contributed by atoms with Crippen molar-refractivity contribution in [3.8, 4) is 45.0 Å². The molecule has 0 aliphatic rings. The van der Waals surface area contributed by atoms with E-state index in [4.69, 9.17) is 38.5 Å². The number of rotatable bonds is 21. The van der Waals surface area contributed by atoms with Crippen LogP contribution in [0.25, 0.3) is 39.2 Å². The molecule has 10 heteroatoms. The van der Waals surface area contributed by atoms with Crippen LogP contribution in [0.3, 0.4) is 0 Å². The summed E-state index contributed by atoms with van der Waals surface area (Å²) in [6.07, 6.45) is 5.18. The Balaban J connectivity index is 1.20. The van der Waals surface area contributed by atoms with Gasteiger partial charge >= 0.3 is 0 Å². The fourth-order valence-electron chi connectivity index (χ4n) is 5.35. The first kappa shape index (κ1) is 35.8. The Morgan fingerprint density at radius 2 is 1.22 bits per heavy atom. The highest BCUT2D eigenvalue weighted by Gasteiger charge is 2.14. The van der Waals surface area contributed by atoms with Gasteiger partial charge in [-0.05, 0) is 59.0 Å². The van der Waals surface area contributed by atoms with Gasteiger partial charge in [0.2, 0.25) is 0 Å². The molecule has 49 heavy (non-hydrogen) atoms. The predicted octanol–water partition coefficient (Wildman–Crippen LogP) is 6.39. The first-order valence-electron chi connectivity index (χ1n) is 16.7. The summed E-state index contributed by atoms with van der Waals surface area (Å²) >= 11 is 0. The minimum absolute atomic E-state index is 0.0245. The third-order valence-electron chi connectivity index (χ3n) is 8.02. The van der Waals surface area contributed by atoms with Crippen LogP contribution in [0.15, 0.2) is 85.2 Å². The predicted molar refractivity (Wildman–Crippen MR) is 193 cm³/mol. The van der Waals surface area contributed by atoms with Crippen LogP contribution in [0.1, 0.15) is 12.5 Å². The molecule has 260 valence electrons. The number of aromatic nitrogens is 2. The van der Waals surface area contributed by atoms with E-state index in [1.807, 2.05) is 18.2 Å². The molecule has 0 unspecified atom stereocenters. The molecule has 2 N–H and O–H groups in total. The molecule has 0 saturated carbocycles. The fourth-order valence-corrected chi connectivity index (χ4v) is 5.35. The van der Waals surface area contributed by atoms with Gasteiger partial charge in [0.1, 0.15) is 17.1 Å². The number of aliphatic hydroxyl groups excluding tert-OH is 1. The van der Waals surface area contributed by atoms with Gasteiger partial charge in [-0.25, -0.2) is 4.98 Å². The summed E-state index contributed by atoms with van der Waals surface area (Å²) in [5.74, 6) is 1.47. The van der Waals surface area contributed by atoms with Crippen molar-refractivity contribution in [2.24, 2.45) is 0 Å². The molecule has 0 aliphatic carbocycles. The molecule has 0 radical (unpaired) electrons. The summed E-state index contributed by atoms with van der Waals surface area (Å²) in [6, 6.07) is 25.1. The van der Waals surface area contributed by atoms with Gasteiger partial charge in [0.25, 0.3) is 0 Å². The molecule has 0 amide bonds. The highest BCUT2D eigenvalue weighted by molar-refractivity contribution is 5.84. The number of ether oxygens (including phenoxy) is 6. The largest absolute Gasteiger partial charge is 0.497 e. The lowest BCUT2D eigenvalue weighted by Gasteiger charge is -2.12. The summed E-state index contributed by atoms with van der Waals surface area (Å²) in [6.45, 7) is 6.78. The number of hydrogen-bond donors (Lipinski definition) is 2. The number of nitrogens with zero attached hydrogens (tertiary/aromatic N) is 2. The SMILES string of the molecule is CCc1ccc(-c2cc(-c3cc(OC)cc(OC)c3)cn3cc(-c4ccc(NCCOCCOCCOCCOCCO)cc4)nc23)cc1. The van der Waals surface area contributed by atoms with E-state index in [1.165, 1.54) is 5.56 Å². The molecular weight excluding hydrogens is 622 g/mol. The quantitative estimate of drug-likeness (QED) is 0.0861. The number of methoxy groups -OCH3 is 2. The summed E-state index contributed by atoms with van der Waals surface area (Å²) < 4.78 is 35.0. The molecule has 0 saturated heterocycles. The Kier molecular flexibility index (Phi) is 13.8. The van der Waals surface area contributed by atoms with Gasteiger partial charge in [-0.1, -0.05) is 43.3 Å². The smallest absolute Gasteiger partial charge is 0.145 e. The van der Waals surface area contributed by atoms with E-state index in [1.54, 1.807) is 14.2 Å². The van der Waals surface area contributed by atoms with Crippen molar-refractivity contribution >= 4 is 11.3 Å². The Morgan fingerprint density at radius 1 is 0.633 bits per heavy atom. The van der Waals surface area contributed by atoms with Crippen LogP contribution in [-0.4, -0.2) is 94.7 Å². The monoisotopic (exact) mass is 669 g/mol. The maximum atomic E-state index is 8.66. The first-order valence-corrected chi connectivity index (χ1v) is 16.7. The molecule has 0 spiro atoms. The summed E-state index contributed by atoms with van der Waals surface area (Å²) in [5, 5.41) is 12.1. The van der Waals surface area contributed by atoms with Crippen LogP contribution in [0.4, 0.5) is 5.69 Å². The first-order chi connectivity index (χ1) is 24.1. The topological polar surface area (TPSA) is 105 Å². The number of aliphatic hydroxyl groups is 1. The fraction of sp³-hybridized carbons (Fsp3) is 0.359. The summed E-state index contributed by atoms with van der Waals surface area (Å²) in [7, 11) is 3.33. The number of benzene rings is 3. The molecule has 0 aliphatic heterocycles. The molecule has 2 aromatic heterocycles. The molecule has 3 aromatic carbocycles. The van der Waals surface area contributed by atoms with Crippen LogP contribution in [0.2, 0.25) is 0 Å². The highest BCUT2D eigenvalue weighted by Crippen LogP contribution is 2.35. The molecule has 0 bridgehead atoms. The van der Waals surface area contributed by atoms with Crippen molar-refractivity contribution in [3.05, 3.63) is 90.8 Å². The van der Waals surface area contributed by atoms with Gasteiger partial charge in [-0.15, -0.1) is 0 Å². The van der Waals surface area contributed by atoms with E-state index < -0.39 is 0 Å². The molecule has 0 fully saturated rings. The van der Waals surface area contributed by atoms with Gasteiger partial charge < -0.3 is 43.2 Å². The highest BCUT2D eigenvalue weighted by atomic mass is 16.6. The lowest BCUT2D eigenvalue weighted by atomic mass is 9.99. The van der Waals surface area contributed by atoms with Crippen molar-refractivity contribution in [2.75, 3.05) is 85.5 Å². The molecular formula is C39H47N3O7. The maximum Gasteiger partial charge on any atom is 0.145 e. The van der Waals surface area contributed by atoms with Crippen LogP contribution >= 0.6 is 0 Å². The number of imidazole rings is 1. The number of nitrogens with one attached hydrogen (secondary N) is 1. The molecule has 5 rings (SSSR count). The molecule has 2 heterocycles. The summed E-state index contributed by atoms with van der Waals surface area (Å²) in [5.41, 5.74) is 9.29. The van der Waals surface area contributed by atoms with E-state index in [0.717, 1.165) is 62.8 Å². The Bertz CT molecular complexity index is 1700. The number of pyridine rings is 1. The van der Waals surface area contributed by atoms with Gasteiger partial charge in [0.15, 0.2) is 0 Å². The van der Waals surface area contributed by atoms with E-state index in [2.05, 4.69) is 83.6 Å². The number of aryl methyl sites for hydroxylation is 1.